The molecule has 1 amide bonds. The fraction of sp³-hybridized carbons (Fsp3) is 0.238. The van der Waals surface area contributed by atoms with Gasteiger partial charge >= 0.3 is 0 Å². The average molecular weight is 401 g/mol. The molecule has 4 nitrogen and oxygen atoms in total. The van der Waals surface area contributed by atoms with E-state index in [1.54, 1.807) is 49.4 Å². The summed E-state index contributed by atoms with van der Waals surface area (Å²) in [6.45, 7) is 3.84. The highest BCUT2D eigenvalue weighted by Crippen LogP contribution is 2.21. The highest BCUT2D eigenvalue weighted by molar-refractivity contribution is 7.09. The van der Waals surface area contributed by atoms with Crippen molar-refractivity contribution in [2.75, 3.05) is 0 Å². The number of thiazole rings is 1. The van der Waals surface area contributed by atoms with Crippen LogP contribution in [0.25, 0.3) is 0 Å². The number of carbonyl (C=O) groups excluding carboxylic acids is 1. The Bertz CT molecular complexity index is 892. The number of aromatic nitrogens is 1. The summed E-state index contributed by atoms with van der Waals surface area (Å²) in [5, 5.41) is 6.53. The summed E-state index contributed by atoms with van der Waals surface area (Å²) >= 11 is 7.48. The van der Waals surface area contributed by atoms with Crippen molar-refractivity contribution in [1.29, 1.82) is 0 Å². The number of nitrogens with one attached hydrogen (secondary N) is 1. The van der Waals surface area contributed by atoms with E-state index in [0.717, 1.165) is 17.1 Å². The molecule has 140 valence electrons. The van der Waals surface area contributed by atoms with Crippen molar-refractivity contribution in [3.8, 4) is 5.75 Å². The van der Waals surface area contributed by atoms with E-state index < -0.39 is 5.60 Å². The van der Waals surface area contributed by atoms with E-state index in [-0.39, 0.29) is 5.91 Å². The summed E-state index contributed by atoms with van der Waals surface area (Å²) in [5.41, 5.74) is 1.07. The fourth-order valence-electron chi connectivity index (χ4n) is 2.51. The number of halogens is 1. The van der Waals surface area contributed by atoms with Crippen molar-refractivity contribution < 1.29 is 9.53 Å². The lowest BCUT2D eigenvalue weighted by Crippen LogP contribution is -2.46. The van der Waals surface area contributed by atoms with Crippen LogP contribution in [0, 0.1) is 0 Å². The van der Waals surface area contributed by atoms with Gasteiger partial charge in [0.2, 0.25) is 0 Å². The van der Waals surface area contributed by atoms with E-state index in [1.807, 2.05) is 23.6 Å². The zero-order chi connectivity index (χ0) is 19.3. The Morgan fingerprint density at radius 3 is 2.56 bits per heavy atom. The van der Waals surface area contributed by atoms with Gasteiger partial charge in [-0.2, -0.15) is 0 Å². The molecule has 0 bridgehead atoms. The first-order valence-electron chi connectivity index (χ1n) is 8.62. The van der Waals surface area contributed by atoms with E-state index in [0.29, 0.717) is 17.3 Å². The second-order valence-electron chi connectivity index (χ2n) is 6.64. The van der Waals surface area contributed by atoms with Crippen LogP contribution in [-0.2, 0) is 17.8 Å². The van der Waals surface area contributed by atoms with E-state index in [4.69, 9.17) is 16.3 Å². The maximum atomic E-state index is 12.5. The molecule has 0 aliphatic carbocycles. The molecule has 27 heavy (non-hydrogen) atoms. The monoisotopic (exact) mass is 400 g/mol. The second kappa shape index (κ2) is 8.55. The van der Waals surface area contributed by atoms with Gasteiger partial charge in [-0.05, 0) is 43.7 Å². The lowest BCUT2D eigenvalue weighted by molar-refractivity contribution is -0.134. The number of rotatable bonds is 7. The van der Waals surface area contributed by atoms with Crippen molar-refractivity contribution >= 4 is 28.8 Å². The van der Waals surface area contributed by atoms with Crippen LogP contribution in [-0.4, -0.2) is 16.5 Å². The van der Waals surface area contributed by atoms with Crippen LogP contribution >= 0.6 is 22.9 Å². The first-order chi connectivity index (χ1) is 12.9. The van der Waals surface area contributed by atoms with Gasteiger partial charge in [-0.15, -0.1) is 11.3 Å². The molecule has 0 atom stereocenters. The van der Waals surface area contributed by atoms with Crippen LogP contribution in [0.3, 0.4) is 0 Å². The Hall–Kier alpha value is -2.37. The molecule has 2 aromatic carbocycles. The predicted octanol–water partition coefficient (Wildman–Crippen LogP) is 4.86. The van der Waals surface area contributed by atoms with E-state index >= 15 is 0 Å². The van der Waals surface area contributed by atoms with Gasteiger partial charge in [-0.25, -0.2) is 4.98 Å². The summed E-state index contributed by atoms with van der Waals surface area (Å²) < 4.78 is 5.80. The minimum Gasteiger partial charge on any atom is -0.478 e. The number of carbonyl (C=O) groups is 1. The number of hydrogen-bond acceptors (Lipinski definition) is 4. The molecule has 1 N–H and O–H groups in total. The number of hydrogen-bond donors (Lipinski definition) is 1. The van der Waals surface area contributed by atoms with Crippen molar-refractivity contribution in [3.63, 3.8) is 0 Å². The third-order valence-electron chi connectivity index (χ3n) is 3.96. The summed E-state index contributed by atoms with van der Waals surface area (Å²) in [6.07, 6.45) is 0.796. The van der Waals surface area contributed by atoms with Gasteiger partial charge in [0.05, 0.1) is 17.2 Å². The maximum Gasteiger partial charge on any atom is 0.263 e. The van der Waals surface area contributed by atoms with Gasteiger partial charge in [-0.3, -0.25) is 4.79 Å². The van der Waals surface area contributed by atoms with E-state index in [1.165, 1.54) is 5.56 Å². The summed E-state index contributed by atoms with van der Waals surface area (Å²) in [4.78, 5) is 17.1. The van der Waals surface area contributed by atoms with Crippen molar-refractivity contribution in [3.05, 3.63) is 81.3 Å². The molecule has 0 fully saturated rings. The molecule has 0 spiro atoms. The number of nitrogens with zero attached hydrogens (tertiary/aromatic N) is 1. The number of benzene rings is 2. The Morgan fingerprint density at radius 1 is 1.15 bits per heavy atom. The van der Waals surface area contributed by atoms with Crippen LogP contribution in [0.1, 0.15) is 30.1 Å². The summed E-state index contributed by atoms with van der Waals surface area (Å²) in [6, 6.07) is 17.2. The van der Waals surface area contributed by atoms with Crippen molar-refractivity contribution in [2.24, 2.45) is 0 Å². The molecule has 0 radical (unpaired) electrons. The maximum absolute atomic E-state index is 12.5. The minimum absolute atomic E-state index is 0.199. The zero-order valence-corrected chi connectivity index (χ0v) is 16.8. The average Bonchev–Trinajstić information content (AvgIpc) is 3.09. The van der Waals surface area contributed by atoms with Crippen molar-refractivity contribution in [2.45, 2.75) is 32.4 Å². The Kier molecular flexibility index (Phi) is 6.14. The van der Waals surface area contributed by atoms with Gasteiger partial charge < -0.3 is 10.1 Å². The number of ether oxygens (including phenoxy) is 1. The zero-order valence-electron chi connectivity index (χ0n) is 15.2. The molecule has 0 aliphatic rings. The van der Waals surface area contributed by atoms with Crippen LogP contribution < -0.4 is 10.1 Å². The molecule has 0 saturated carbocycles. The minimum atomic E-state index is -1.00. The Morgan fingerprint density at radius 2 is 1.85 bits per heavy atom. The molecule has 0 unspecified atom stereocenters. The largest absolute Gasteiger partial charge is 0.478 e. The van der Waals surface area contributed by atoms with Crippen molar-refractivity contribution in [1.82, 2.24) is 10.3 Å². The molecule has 3 rings (SSSR count). The quantitative estimate of drug-likeness (QED) is 0.616. The molecular formula is C21H21ClN2O2S. The van der Waals surface area contributed by atoms with Crippen LogP contribution in [0.4, 0.5) is 0 Å². The molecule has 0 saturated heterocycles. The SMILES string of the molecule is CC(C)(Oc1ccc(Cl)cc1)C(=O)NCc1csc(Cc2ccccc2)n1. The third-order valence-corrected chi connectivity index (χ3v) is 5.11. The van der Waals surface area contributed by atoms with Gasteiger partial charge in [-0.1, -0.05) is 41.9 Å². The van der Waals surface area contributed by atoms with Gasteiger partial charge in [0.15, 0.2) is 5.60 Å². The first kappa shape index (κ1) is 19.4. The first-order valence-corrected chi connectivity index (χ1v) is 9.88. The van der Waals surface area contributed by atoms with E-state index in [9.17, 15) is 4.79 Å². The van der Waals surface area contributed by atoms with Gasteiger partial charge in [0.25, 0.3) is 5.91 Å². The second-order valence-corrected chi connectivity index (χ2v) is 8.02. The van der Waals surface area contributed by atoms with Gasteiger partial charge in [0, 0.05) is 16.8 Å². The topological polar surface area (TPSA) is 51.2 Å². The molecule has 1 heterocycles. The smallest absolute Gasteiger partial charge is 0.263 e. The normalized spacial score (nSPS) is 11.2. The predicted molar refractivity (Wildman–Crippen MR) is 109 cm³/mol. The lowest BCUT2D eigenvalue weighted by atomic mass is 10.1. The molecule has 1 aromatic heterocycles. The standard InChI is InChI=1S/C21H21ClN2O2S/c1-21(2,26-18-10-8-16(22)9-11-18)20(25)23-13-17-14-27-19(24-17)12-15-6-4-3-5-7-15/h3-11,14H,12-13H2,1-2H3,(H,23,25). The molecule has 0 aliphatic heterocycles. The molecular weight excluding hydrogens is 380 g/mol. The molecule has 6 heteroatoms. The highest BCUT2D eigenvalue weighted by atomic mass is 35.5. The number of amides is 1. The van der Waals surface area contributed by atoms with Gasteiger partial charge in [0.1, 0.15) is 5.75 Å². The Labute approximate surface area is 168 Å². The summed E-state index contributed by atoms with van der Waals surface area (Å²) in [5.74, 6) is 0.397. The van der Waals surface area contributed by atoms with Crippen LogP contribution in [0.5, 0.6) is 5.75 Å². The molecule has 3 aromatic rings. The summed E-state index contributed by atoms with van der Waals surface area (Å²) in [7, 11) is 0. The lowest BCUT2D eigenvalue weighted by Gasteiger charge is -2.25. The van der Waals surface area contributed by atoms with Crippen LogP contribution in [0.15, 0.2) is 60.0 Å². The van der Waals surface area contributed by atoms with Crippen LogP contribution in [0.2, 0.25) is 5.02 Å². The van der Waals surface area contributed by atoms with E-state index in [2.05, 4.69) is 22.4 Å². The Balaban J connectivity index is 1.54. The third kappa shape index (κ3) is 5.55. The fourth-order valence-corrected chi connectivity index (χ4v) is 3.46. The highest BCUT2D eigenvalue weighted by Gasteiger charge is 2.29.